The molecule has 0 amide bonds. The molecule has 1 heterocycles. The van der Waals surface area contributed by atoms with E-state index in [1.807, 2.05) is 0 Å². The normalized spacial score (nSPS) is 35.3. The molecule has 17 heavy (non-hydrogen) atoms. The first kappa shape index (κ1) is 13.4. The van der Waals surface area contributed by atoms with Gasteiger partial charge in [-0.2, -0.15) is 0 Å². The van der Waals surface area contributed by atoms with E-state index < -0.39 is 0 Å². The molecule has 3 atom stereocenters. The van der Waals surface area contributed by atoms with Crippen molar-refractivity contribution in [2.45, 2.75) is 65.0 Å². The van der Waals surface area contributed by atoms with Crippen molar-refractivity contribution in [2.24, 2.45) is 11.8 Å². The van der Waals surface area contributed by atoms with Gasteiger partial charge in [-0.3, -0.25) is 4.90 Å². The summed E-state index contributed by atoms with van der Waals surface area (Å²) in [5, 5.41) is 3.82. The van der Waals surface area contributed by atoms with Gasteiger partial charge >= 0.3 is 0 Å². The summed E-state index contributed by atoms with van der Waals surface area (Å²) >= 11 is 0. The summed E-state index contributed by atoms with van der Waals surface area (Å²) in [5.74, 6) is 1.75. The van der Waals surface area contributed by atoms with Crippen LogP contribution in [0, 0.1) is 11.8 Å². The van der Waals surface area contributed by atoms with Crippen molar-refractivity contribution in [1.29, 1.82) is 0 Å². The van der Waals surface area contributed by atoms with Gasteiger partial charge in [0.25, 0.3) is 0 Å². The highest BCUT2D eigenvalue weighted by Gasteiger charge is 2.43. The van der Waals surface area contributed by atoms with Gasteiger partial charge in [-0.1, -0.05) is 20.3 Å². The van der Waals surface area contributed by atoms with Crippen LogP contribution in [0.4, 0.5) is 0 Å². The van der Waals surface area contributed by atoms with Crippen LogP contribution < -0.4 is 5.32 Å². The molecule has 1 saturated carbocycles. The van der Waals surface area contributed by atoms with Crippen LogP contribution in [0.2, 0.25) is 0 Å². The summed E-state index contributed by atoms with van der Waals surface area (Å²) in [6, 6.07) is 0.734. The summed E-state index contributed by atoms with van der Waals surface area (Å²) in [5.41, 5.74) is 0.387. The lowest BCUT2D eigenvalue weighted by Gasteiger charge is -2.38. The minimum atomic E-state index is 0.387. The Morgan fingerprint density at radius 3 is 2.65 bits per heavy atom. The Hall–Kier alpha value is -0.0800. The van der Waals surface area contributed by atoms with Crippen LogP contribution in [0.5, 0.6) is 0 Å². The Morgan fingerprint density at radius 2 is 2.06 bits per heavy atom. The highest BCUT2D eigenvalue weighted by molar-refractivity contribution is 5.01. The molecule has 1 aliphatic heterocycles. The maximum atomic E-state index is 3.82. The van der Waals surface area contributed by atoms with E-state index in [1.165, 1.54) is 45.3 Å². The second-order valence-electron chi connectivity index (χ2n) is 6.57. The van der Waals surface area contributed by atoms with Crippen molar-refractivity contribution >= 4 is 0 Å². The Labute approximate surface area is 107 Å². The van der Waals surface area contributed by atoms with Crippen molar-refractivity contribution < 1.29 is 0 Å². The first-order valence-electron chi connectivity index (χ1n) is 7.56. The molecule has 100 valence electrons. The van der Waals surface area contributed by atoms with Gasteiger partial charge in [-0.15, -0.1) is 0 Å². The van der Waals surface area contributed by atoms with Gasteiger partial charge in [-0.05, 0) is 58.0 Å². The zero-order valence-electron chi connectivity index (χ0n) is 12.1. The number of hydrogen-bond donors (Lipinski definition) is 1. The smallest absolute Gasteiger partial charge is 0.0308 e. The Bertz CT molecular complexity index is 249. The highest BCUT2D eigenvalue weighted by Crippen LogP contribution is 2.41. The summed E-state index contributed by atoms with van der Waals surface area (Å²) in [7, 11) is 0. The third-order valence-corrected chi connectivity index (χ3v) is 5.20. The minimum absolute atomic E-state index is 0.387. The Kier molecular flexibility index (Phi) is 4.14. The molecule has 2 fully saturated rings. The first-order valence-corrected chi connectivity index (χ1v) is 7.56. The summed E-state index contributed by atoms with van der Waals surface area (Å²) in [6.45, 7) is 13.3. The predicted molar refractivity (Wildman–Crippen MR) is 74.2 cm³/mol. The molecule has 0 aromatic carbocycles. The number of nitrogens with zero attached hydrogens (tertiary/aromatic N) is 1. The molecule has 2 aliphatic rings. The summed E-state index contributed by atoms with van der Waals surface area (Å²) in [4.78, 5) is 2.74. The van der Waals surface area contributed by atoms with Crippen LogP contribution in [0.15, 0.2) is 0 Å². The molecule has 0 aromatic heterocycles. The maximum absolute atomic E-state index is 3.82. The van der Waals surface area contributed by atoms with E-state index in [0.29, 0.717) is 5.54 Å². The quantitative estimate of drug-likeness (QED) is 0.810. The third-order valence-electron chi connectivity index (χ3n) is 5.20. The maximum Gasteiger partial charge on any atom is 0.0308 e. The van der Waals surface area contributed by atoms with E-state index in [-0.39, 0.29) is 0 Å². The van der Waals surface area contributed by atoms with Gasteiger partial charge in [0.05, 0.1) is 0 Å². The number of nitrogens with one attached hydrogen (secondary N) is 1. The van der Waals surface area contributed by atoms with Gasteiger partial charge in [-0.25, -0.2) is 0 Å². The molecule has 1 N–H and O–H groups in total. The van der Waals surface area contributed by atoms with Crippen molar-refractivity contribution in [2.75, 3.05) is 19.6 Å². The van der Waals surface area contributed by atoms with Crippen LogP contribution in [-0.4, -0.2) is 36.1 Å². The molecule has 3 unspecified atom stereocenters. The zero-order chi connectivity index (χ0) is 12.5. The molecule has 0 aromatic rings. The molecular weight excluding hydrogens is 208 g/mol. The minimum Gasteiger partial charge on any atom is -0.310 e. The fourth-order valence-corrected chi connectivity index (χ4v) is 3.26. The van der Waals surface area contributed by atoms with Crippen molar-refractivity contribution in [3.63, 3.8) is 0 Å². The Morgan fingerprint density at radius 1 is 1.35 bits per heavy atom. The monoisotopic (exact) mass is 238 g/mol. The van der Waals surface area contributed by atoms with Gasteiger partial charge in [0.1, 0.15) is 0 Å². The van der Waals surface area contributed by atoms with Crippen LogP contribution in [0.1, 0.15) is 53.4 Å². The lowest BCUT2D eigenvalue weighted by atomic mass is 9.92. The van der Waals surface area contributed by atoms with Crippen molar-refractivity contribution in [1.82, 2.24) is 10.2 Å². The predicted octanol–water partition coefficient (Wildman–Crippen LogP) is 2.89. The van der Waals surface area contributed by atoms with Gasteiger partial charge < -0.3 is 5.32 Å². The summed E-state index contributed by atoms with van der Waals surface area (Å²) in [6.07, 6.45) is 5.48. The molecule has 2 rings (SSSR count). The molecule has 0 spiro atoms. The molecular formula is C15H30N2. The SMILES string of the molecule is CCC(C)C(C)N1CCCNC(C)(C2CC2)C1. The Balaban J connectivity index is 2.01. The lowest BCUT2D eigenvalue weighted by molar-refractivity contribution is 0.125. The van der Waals surface area contributed by atoms with Gasteiger partial charge in [0.2, 0.25) is 0 Å². The van der Waals surface area contributed by atoms with E-state index in [4.69, 9.17) is 0 Å². The molecule has 0 bridgehead atoms. The number of rotatable bonds is 4. The van der Waals surface area contributed by atoms with E-state index in [1.54, 1.807) is 0 Å². The molecule has 2 heteroatoms. The fourth-order valence-electron chi connectivity index (χ4n) is 3.26. The van der Waals surface area contributed by atoms with Crippen LogP contribution in [0.3, 0.4) is 0 Å². The van der Waals surface area contributed by atoms with Gasteiger partial charge in [0.15, 0.2) is 0 Å². The lowest BCUT2D eigenvalue weighted by Crippen LogP contribution is -2.53. The topological polar surface area (TPSA) is 15.3 Å². The van der Waals surface area contributed by atoms with Crippen molar-refractivity contribution in [3.05, 3.63) is 0 Å². The molecule has 1 aliphatic carbocycles. The van der Waals surface area contributed by atoms with E-state index in [0.717, 1.165) is 17.9 Å². The zero-order valence-corrected chi connectivity index (χ0v) is 12.1. The van der Waals surface area contributed by atoms with Gasteiger partial charge in [0, 0.05) is 18.1 Å². The van der Waals surface area contributed by atoms with E-state index in [9.17, 15) is 0 Å². The van der Waals surface area contributed by atoms with Crippen LogP contribution >= 0.6 is 0 Å². The molecule has 0 radical (unpaired) electrons. The van der Waals surface area contributed by atoms with E-state index >= 15 is 0 Å². The highest BCUT2D eigenvalue weighted by atomic mass is 15.2. The third kappa shape index (κ3) is 3.03. The van der Waals surface area contributed by atoms with Crippen LogP contribution in [-0.2, 0) is 0 Å². The summed E-state index contributed by atoms with van der Waals surface area (Å²) < 4.78 is 0. The second-order valence-corrected chi connectivity index (χ2v) is 6.57. The van der Waals surface area contributed by atoms with E-state index in [2.05, 4.69) is 37.9 Å². The number of hydrogen-bond acceptors (Lipinski definition) is 2. The largest absolute Gasteiger partial charge is 0.310 e. The standard InChI is InChI=1S/C15H30N2/c1-5-12(2)13(3)17-10-6-9-16-15(4,11-17)14-7-8-14/h12-14,16H,5-11H2,1-4H3. The van der Waals surface area contributed by atoms with Crippen molar-refractivity contribution in [3.8, 4) is 0 Å². The molecule has 2 nitrogen and oxygen atoms in total. The fraction of sp³-hybridized carbons (Fsp3) is 1.00. The van der Waals surface area contributed by atoms with Crippen LogP contribution in [0.25, 0.3) is 0 Å². The molecule has 1 saturated heterocycles. The average molecular weight is 238 g/mol. The average Bonchev–Trinajstić information content (AvgIpc) is 3.13. The first-order chi connectivity index (χ1) is 8.07. The second kappa shape index (κ2) is 5.27.